The number of hydrogen-bond acceptors (Lipinski definition) is 5. The third-order valence-electron chi connectivity index (χ3n) is 4.35. The quantitative estimate of drug-likeness (QED) is 0.587. The molecule has 0 aliphatic rings. The number of carbonyl (C=O) groups excluding carboxylic acids is 1. The molecule has 136 valence electrons. The zero-order valence-corrected chi connectivity index (χ0v) is 16.2. The number of nitrogens with zero attached hydrogens (tertiary/aromatic N) is 1. The fourth-order valence-corrected chi connectivity index (χ4v) is 3.76. The average molecular weight is 369 g/mol. The normalized spacial score (nSPS) is 11.5. The van der Waals surface area contributed by atoms with Gasteiger partial charge in [0, 0.05) is 17.3 Å². The second kappa shape index (κ2) is 7.87. The van der Waals surface area contributed by atoms with Crippen molar-refractivity contribution in [2.45, 2.75) is 39.2 Å². The van der Waals surface area contributed by atoms with Crippen LogP contribution in [0.25, 0.3) is 10.8 Å². The Morgan fingerprint density at radius 3 is 2.73 bits per heavy atom. The molecule has 0 unspecified atom stereocenters. The fourth-order valence-electron chi connectivity index (χ4n) is 2.86. The van der Waals surface area contributed by atoms with Crippen molar-refractivity contribution in [2.75, 3.05) is 11.9 Å². The molecular weight excluding hydrogens is 344 g/mol. The van der Waals surface area contributed by atoms with Gasteiger partial charge >= 0.3 is 5.97 Å². The Balaban J connectivity index is 1.65. The first kappa shape index (κ1) is 18.4. The highest BCUT2D eigenvalue weighted by Gasteiger charge is 2.27. The Kier molecular flexibility index (Phi) is 5.57. The van der Waals surface area contributed by atoms with Gasteiger partial charge < -0.3 is 10.1 Å². The summed E-state index contributed by atoms with van der Waals surface area (Å²) < 4.78 is 5.07. The van der Waals surface area contributed by atoms with Gasteiger partial charge in [-0.3, -0.25) is 4.79 Å². The van der Waals surface area contributed by atoms with Gasteiger partial charge in [0.05, 0.1) is 18.7 Å². The highest BCUT2D eigenvalue weighted by Crippen LogP contribution is 2.30. The van der Waals surface area contributed by atoms with E-state index in [0.717, 1.165) is 17.4 Å². The molecular formula is C21H24N2O2S. The van der Waals surface area contributed by atoms with Crippen LogP contribution in [0.5, 0.6) is 0 Å². The van der Waals surface area contributed by atoms with Crippen LogP contribution in [0.4, 0.5) is 5.13 Å². The number of ether oxygens (including phenoxy) is 1. The molecule has 0 spiro atoms. The Morgan fingerprint density at radius 2 is 1.96 bits per heavy atom. The van der Waals surface area contributed by atoms with Crippen molar-refractivity contribution in [1.29, 1.82) is 0 Å². The van der Waals surface area contributed by atoms with Crippen LogP contribution < -0.4 is 5.32 Å². The Morgan fingerprint density at radius 1 is 1.19 bits per heavy atom. The van der Waals surface area contributed by atoms with Crippen LogP contribution >= 0.6 is 11.3 Å². The first-order valence-electron chi connectivity index (χ1n) is 8.81. The summed E-state index contributed by atoms with van der Waals surface area (Å²) in [6.45, 7) is 6.99. The van der Waals surface area contributed by atoms with Crippen LogP contribution in [-0.4, -0.2) is 17.6 Å². The number of esters is 1. The van der Waals surface area contributed by atoms with E-state index < -0.39 is 0 Å². The van der Waals surface area contributed by atoms with Crippen LogP contribution in [0.15, 0.2) is 47.8 Å². The van der Waals surface area contributed by atoms with Crippen LogP contribution in [0.1, 0.15) is 38.4 Å². The smallest absolute Gasteiger partial charge is 0.306 e. The summed E-state index contributed by atoms with van der Waals surface area (Å²) in [4.78, 5) is 16.5. The molecule has 0 amide bonds. The molecule has 1 N–H and O–H groups in total. The summed E-state index contributed by atoms with van der Waals surface area (Å²) in [5, 5.41) is 8.75. The standard InChI is InChI=1S/C21H24N2O2S/c1-4-25-19(24)12-21(2,3)18-14-26-20(23-18)22-13-15-9-10-16-7-5-6-8-17(16)11-15/h5-11,14H,4,12-13H2,1-3H3,(H,22,23). The van der Waals surface area contributed by atoms with E-state index in [1.54, 1.807) is 11.3 Å². The zero-order chi connectivity index (χ0) is 18.6. The monoisotopic (exact) mass is 368 g/mol. The lowest BCUT2D eigenvalue weighted by Gasteiger charge is -2.20. The van der Waals surface area contributed by atoms with Gasteiger partial charge in [0.15, 0.2) is 5.13 Å². The van der Waals surface area contributed by atoms with Crippen LogP contribution in [0.2, 0.25) is 0 Å². The number of thiazole rings is 1. The van der Waals surface area contributed by atoms with Gasteiger partial charge in [-0.2, -0.15) is 0 Å². The average Bonchev–Trinajstić information content (AvgIpc) is 3.09. The molecule has 0 fully saturated rings. The van der Waals surface area contributed by atoms with Crippen LogP contribution in [-0.2, 0) is 21.5 Å². The molecule has 2 aromatic carbocycles. The molecule has 0 bridgehead atoms. The summed E-state index contributed by atoms with van der Waals surface area (Å²) in [6, 6.07) is 14.8. The molecule has 0 aliphatic carbocycles. The second-order valence-electron chi connectivity index (χ2n) is 6.94. The van der Waals surface area contributed by atoms with Crippen molar-refractivity contribution in [2.24, 2.45) is 0 Å². The zero-order valence-electron chi connectivity index (χ0n) is 15.4. The third kappa shape index (κ3) is 4.41. The maximum absolute atomic E-state index is 11.8. The molecule has 0 saturated carbocycles. The number of fused-ring (bicyclic) bond motifs is 1. The summed E-state index contributed by atoms with van der Waals surface area (Å²) in [5.74, 6) is -0.184. The van der Waals surface area contributed by atoms with E-state index in [9.17, 15) is 4.79 Å². The summed E-state index contributed by atoms with van der Waals surface area (Å²) in [6.07, 6.45) is 0.328. The predicted octanol–water partition coefficient (Wildman–Crippen LogP) is 5.14. The van der Waals surface area contributed by atoms with E-state index in [4.69, 9.17) is 4.74 Å². The molecule has 26 heavy (non-hydrogen) atoms. The number of carbonyl (C=O) groups is 1. The fraction of sp³-hybridized carbons (Fsp3) is 0.333. The van der Waals surface area contributed by atoms with Gasteiger partial charge in [-0.1, -0.05) is 50.2 Å². The Hall–Kier alpha value is -2.40. The molecule has 0 saturated heterocycles. The molecule has 1 aromatic heterocycles. The van der Waals surface area contributed by atoms with Gasteiger partial charge in [0.2, 0.25) is 0 Å². The van der Waals surface area contributed by atoms with E-state index in [2.05, 4.69) is 52.8 Å². The first-order chi connectivity index (χ1) is 12.5. The van der Waals surface area contributed by atoms with Gasteiger partial charge in [-0.05, 0) is 29.3 Å². The minimum Gasteiger partial charge on any atom is -0.466 e. The molecule has 3 rings (SSSR count). The molecule has 1 heterocycles. The van der Waals surface area contributed by atoms with Gasteiger partial charge in [0.1, 0.15) is 0 Å². The van der Waals surface area contributed by atoms with E-state index in [-0.39, 0.29) is 11.4 Å². The van der Waals surface area contributed by atoms with Crippen molar-refractivity contribution in [3.8, 4) is 0 Å². The Bertz CT molecular complexity index is 902. The number of aromatic nitrogens is 1. The highest BCUT2D eigenvalue weighted by molar-refractivity contribution is 7.13. The van der Waals surface area contributed by atoms with E-state index in [1.165, 1.54) is 16.3 Å². The van der Waals surface area contributed by atoms with Crippen LogP contribution in [0.3, 0.4) is 0 Å². The largest absolute Gasteiger partial charge is 0.466 e. The van der Waals surface area contributed by atoms with Crippen molar-refractivity contribution in [3.05, 3.63) is 59.1 Å². The summed E-state index contributed by atoms with van der Waals surface area (Å²) >= 11 is 1.57. The number of benzene rings is 2. The number of rotatable bonds is 7. The topological polar surface area (TPSA) is 51.2 Å². The van der Waals surface area contributed by atoms with Crippen molar-refractivity contribution < 1.29 is 9.53 Å². The molecule has 5 heteroatoms. The van der Waals surface area contributed by atoms with Crippen molar-refractivity contribution in [1.82, 2.24) is 4.98 Å². The minimum atomic E-state index is -0.342. The first-order valence-corrected chi connectivity index (χ1v) is 9.69. The highest BCUT2D eigenvalue weighted by atomic mass is 32.1. The van der Waals surface area contributed by atoms with Crippen molar-refractivity contribution >= 4 is 33.2 Å². The number of nitrogens with one attached hydrogen (secondary N) is 1. The lowest BCUT2D eigenvalue weighted by Crippen LogP contribution is -2.23. The predicted molar refractivity (Wildman–Crippen MR) is 108 cm³/mol. The van der Waals surface area contributed by atoms with E-state index in [1.807, 2.05) is 26.2 Å². The second-order valence-corrected chi connectivity index (χ2v) is 7.80. The molecule has 4 nitrogen and oxygen atoms in total. The molecule has 0 aliphatic heterocycles. The van der Waals surface area contributed by atoms with Crippen molar-refractivity contribution in [3.63, 3.8) is 0 Å². The summed E-state index contributed by atoms with van der Waals surface area (Å²) in [7, 11) is 0. The van der Waals surface area contributed by atoms with Gasteiger partial charge in [-0.15, -0.1) is 11.3 Å². The SMILES string of the molecule is CCOC(=O)CC(C)(C)c1csc(NCc2ccc3ccccc3c2)n1. The lowest BCUT2D eigenvalue weighted by molar-refractivity contribution is -0.144. The minimum absolute atomic E-state index is 0.184. The maximum atomic E-state index is 11.8. The third-order valence-corrected chi connectivity index (χ3v) is 5.15. The Labute approximate surface area is 158 Å². The number of hydrogen-bond donors (Lipinski definition) is 1. The molecule has 3 aromatic rings. The lowest BCUT2D eigenvalue weighted by atomic mass is 9.86. The molecule has 0 radical (unpaired) electrons. The van der Waals surface area contributed by atoms with Crippen LogP contribution in [0, 0.1) is 0 Å². The van der Waals surface area contributed by atoms with Gasteiger partial charge in [0.25, 0.3) is 0 Å². The van der Waals surface area contributed by atoms with E-state index >= 15 is 0 Å². The molecule has 0 atom stereocenters. The summed E-state index contributed by atoms with van der Waals surface area (Å²) in [5.41, 5.74) is 1.79. The van der Waals surface area contributed by atoms with Gasteiger partial charge in [-0.25, -0.2) is 4.98 Å². The number of anilines is 1. The van der Waals surface area contributed by atoms with E-state index in [0.29, 0.717) is 13.0 Å². The maximum Gasteiger partial charge on any atom is 0.306 e.